The van der Waals surface area contributed by atoms with Crippen LogP contribution in [0.5, 0.6) is 0 Å². The van der Waals surface area contributed by atoms with Gasteiger partial charge in [-0.2, -0.15) is 0 Å². The Hall–Kier alpha value is 0.300. The summed E-state index contributed by atoms with van der Waals surface area (Å²) in [7, 11) is 0. The van der Waals surface area contributed by atoms with Gasteiger partial charge >= 0.3 is 5.97 Å². The number of rotatable bonds is 2. The molecule has 7 heavy (non-hydrogen) atoms. The van der Waals surface area contributed by atoms with E-state index in [4.69, 9.17) is 5.11 Å². The third-order valence-corrected chi connectivity index (χ3v) is 2.53. The van der Waals surface area contributed by atoms with Gasteiger partial charge in [0.15, 0.2) is 4.16 Å². The zero-order valence-corrected chi connectivity index (χ0v) is 6.12. The van der Waals surface area contributed by atoms with Crippen LogP contribution in [0.4, 0.5) is 0 Å². The monoisotopic (exact) mass is 184 g/mol. The number of hydrogen-bond acceptors (Lipinski definition) is 2. The lowest BCUT2D eigenvalue weighted by Crippen LogP contribution is -2.06. The number of alkyl halides is 1. The van der Waals surface area contributed by atoms with E-state index >= 15 is 0 Å². The van der Waals surface area contributed by atoms with E-state index in [-0.39, 0.29) is 0 Å². The number of aliphatic carboxylic acids is 1. The maximum Gasteiger partial charge on any atom is 0.327 e. The summed E-state index contributed by atoms with van der Waals surface area (Å²) in [6.07, 6.45) is 1.73. The van der Waals surface area contributed by atoms with Crippen LogP contribution in [0, 0.1) is 0 Å². The van der Waals surface area contributed by atoms with Crippen LogP contribution in [0.2, 0.25) is 0 Å². The Morgan fingerprint density at radius 1 is 2.00 bits per heavy atom. The topological polar surface area (TPSA) is 37.3 Å². The van der Waals surface area contributed by atoms with Gasteiger partial charge in [0.05, 0.1) is 0 Å². The molecular weight excluding hydrogens is 180 g/mol. The van der Waals surface area contributed by atoms with Crippen molar-refractivity contribution in [1.82, 2.24) is 0 Å². The predicted octanol–water partition coefficient (Wildman–Crippen LogP) is 1.15. The second-order valence-corrected chi connectivity index (χ2v) is 3.35. The van der Waals surface area contributed by atoms with E-state index in [9.17, 15) is 4.79 Å². The summed E-state index contributed by atoms with van der Waals surface area (Å²) < 4.78 is -0.451. The molecule has 1 N–H and O–H groups in total. The fraction of sp³-hybridized carbons (Fsp3) is 0.667. The van der Waals surface area contributed by atoms with Gasteiger partial charge in [-0.15, -0.1) is 11.8 Å². The molecule has 0 aliphatic carbocycles. The van der Waals surface area contributed by atoms with E-state index in [1.807, 2.05) is 0 Å². The number of thioether (sulfide) groups is 1. The first kappa shape index (κ1) is 7.30. The second-order valence-electron chi connectivity index (χ2n) is 0.890. The first-order chi connectivity index (χ1) is 3.18. The van der Waals surface area contributed by atoms with Gasteiger partial charge in [0.25, 0.3) is 0 Å². The average molecular weight is 185 g/mol. The van der Waals surface area contributed by atoms with E-state index < -0.39 is 10.1 Å². The van der Waals surface area contributed by atoms with Crippen LogP contribution in [-0.2, 0) is 4.79 Å². The summed E-state index contributed by atoms with van der Waals surface area (Å²) in [4.78, 5) is 9.86. The highest BCUT2D eigenvalue weighted by atomic mass is 79.9. The maximum atomic E-state index is 9.86. The Bertz CT molecular complexity index is 75.3. The zero-order valence-electron chi connectivity index (χ0n) is 3.72. The molecule has 0 fully saturated rings. The lowest BCUT2D eigenvalue weighted by Gasteiger charge is -1.94. The third-order valence-electron chi connectivity index (χ3n) is 0.401. The molecular formula is C3H5BrO2S. The predicted molar refractivity (Wildman–Crippen MR) is 33.9 cm³/mol. The number of carboxylic acid groups (broad SMARTS) is 1. The van der Waals surface area contributed by atoms with Crippen LogP contribution < -0.4 is 0 Å². The lowest BCUT2D eigenvalue weighted by atomic mass is 10.8. The molecule has 0 saturated carbocycles. The molecule has 0 heterocycles. The van der Waals surface area contributed by atoms with Crippen LogP contribution in [0.15, 0.2) is 0 Å². The van der Waals surface area contributed by atoms with Crippen molar-refractivity contribution in [2.45, 2.75) is 4.16 Å². The first-order valence-electron chi connectivity index (χ1n) is 1.58. The molecule has 0 aromatic carbocycles. The van der Waals surface area contributed by atoms with Gasteiger partial charge in [0.1, 0.15) is 0 Å². The van der Waals surface area contributed by atoms with E-state index in [0.29, 0.717) is 0 Å². The molecule has 2 nitrogen and oxygen atoms in total. The molecule has 0 rings (SSSR count). The Balaban J connectivity index is 3.34. The lowest BCUT2D eigenvalue weighted by molar-refractivity contribution is -0.134. The zero-order chi connectivity index (χ0) is 5.86. The standard InChI is InChI=1S/C3H5BrO2S/c1-7-2(4)3(5)6/h2H,1H3,(H,5,6). The molecule has 0 radical (unpaired) electrons. The Morgan fingerprint density at radius 3 is 2.43 bits per heavy atom. The molecule has 0 saturated heterocycles. The van der Waals surface area contributed by atoms with Gasteiger partial charge < -0.3 is 5.11 Å². The van der Waals surface area contributed by atoms with Crippen molar-refractivity contribution in [2.24, 2.45) is 0 Å². The Labute approximate surface area is 54.4 Å². The van der Waals surface area contributed by atoms with Crippen molar-refractivity contribution in [3.63, 3.8) is 0 Å². The van der Waals surface area contributed by atoms with E-state index in [0.717, 1.165) is 0 Å². The smallest absolute Gasteiger partial charge is 0.327 e. The van der Waals surface area contributed by atoms with Crippen molar-refractivity contribution in [1.29, 1.82) is 0 Å². The summed E-state index contributed by atoms with van der Waals surface area (Å²) in [5.41, 5.74) is 0. The summed E-state index contributed by atoms with van der Waals surface area (Å²) in [6, 6.07) is 0. The van der Waals surface area contributed by atoms with Gasteiger partial charge in [-0.05, 0) is 6.26 Å². The average Bonchev–Trinajstić information content (AvgIpc) is 1.65. The minimum Gasteiger partial charge on any atom is -0.480 e. The minimum atomic E-state index is -0.826. The largest absolute Gasteiger partial charge is 0.480 e. The van der Waals surface area contributed by atoms with Gasteiger partial charge in [0, 0.05) is 0 Å². The SMILES string of the molecule is CSC(Br)C(=O)O. The van der Waals surface area contributed by atoms with Crippen LogP contribution in [0.1, 0.15) is 0 Å². The molecule has 0 aliphatic rings. The van der Waals surface area contributed by atoms with Crippen LogP contribution >= 0.6 is 27.7 Å². The molecule has 1 unspecified atom stereocenters. The Morgan fingerprint density at radius 2 is 2.43 bits per heavy atom. The molecule has 0 bridgehead atoms. The fourth-order valence-corrected chi connectivity index (χ4v) is 0.302. The fourth-order valence-electron chi connectivity index (χ4n) is 0.101. The molecule has 0 spiro atoms. The van der Waals surface area contributed by atoms with Crippen molar-refractivity contribution in [2.75, 3.05) is 6.26 Å². The van der Waals surface area contributed by atoms with E-state index in [1.165, 1.54) is 11.8 Å². The van der Waals surface area contributed by atoms with Gasteiger partial charge in [-0.3, -0.25) is 4.79 Å². The highest BCUT2D eigenvalue weighted by molar-refractivity contribution is 9.11. The van der Waals surface area contributed by atoms with Crippen molar-refractivity contribution in [3.05, 3.63) is 0 Å². The molecule has 0 amide bonds. The Kier molecular flexibility index (Phi) is 3.46. The van der Waals surface area contributed by atoms with E-state index in [2.05, 4.69) is 15.9 Å². The highest BCUT2D eigenvalue weighted by Gasteiger charge is 2.08. The van der Waals surface area contributed by atoms with Crippen LogP contribution in [0.3, 0.4) is 0 Å². The summed E-state index contributed by atoms with van der Waals surface area (Å²) in [5.74, 6) is -0.826. The number of carboxylic acids is 1. The minimum absolute atomic E-state index is 0.451. The quantitative estimate of drug-likeness (QED) is 0.655. The molecule has 0 aliphatic heterocycles. The van der Waals surface area contributed by atoms with Gasteiger partial charge in [-0.25, -0.2) is 0 Å². The maximum absolute atomic E-state index is 9.86. The molecule has 0 aromatic rings. The summed E-state index contributed by atoms with van der Waals surface area (Å²) in [5, 5.41) is 8.11. The third kappa shape index (κ3) is 2.93. The summed E-state index contributed by atoms with van der Waals surface area (Å²) >= 11 is 4.15. The van der Waals surface area contributed by atoms with Gasteiger partial charge in [0.2, 0.25) is 0 Å². The van der Waals surface area contributed by atoms with Crippen molar-refractivity contribution >= 4 is 33.7 Å². The summed E-state index contributed by atoms with van der Waals surface area (Å²) in [6.45, 7) is 0. The molecule has 4 heteroatoms. The highest BCUT2D eigenvalue weighted by Crippen LogP contribution is 2.12. The van der Waals surface area contributed by atoms with Crippen molar-refractivity contribution in [3.8, 4) is 0 Å². The number of carbonyl (C=O) groups is 1. The van der Waals surface area contributed by atoms with Crippen LogP contribution in [0.25, 0.3) is 0 Å². The molecule has 42 valence electrons. The van der Waals surface area contributed by atoms with Crippen molar-refractivity contribution < 1.29 is 9.90 Å². The molecule has 1 atom stereocenters. The second kappa shape index (κ2) is 3.32. The van der Waals surface area contributed by atoms with Gasteiger partial charge in [-0.1, -0.05) is 15.9 Å². The number of halogens is 1. The normalized spacial score (nSPS) is 13.4. The first-order valence-corrected chi connectivity index (χ1v) is 3.78. The van der Waals surface area contributed by atoms with E-state index in [1.54, 1.807) is 6.26 Å². The van der Waals surface area contributed by atoms with Crippen LogP contribution in [-0.4, -0.2) is 21.5 Å². The molecule has 0 aromatic heterocycles. The number of hydrogen-bond donors (Lipinski definition) is 1.